The highest BCUT2D eigenvalue weighted by atomic mass is 32.2. The van der Waals surface area contributed by atoms with Crippen LogP contribution in [0.1, 0.15) is 36.2 Å². The lowest BCUT2D eigenvalue weighted by Crippen LogP contribution is -2.71. The van der Waals surface area contributed by atoms with Crippen molar-refractivity contribution in [1.29, 1.82) is 0 Å². The van der Waals surface area contributed by atoms with E-state index < -0.39 is 46.5 Å². The smallest absolute Gasteiger partial charge is 0.352 e. The number of β-lactam (4-membered cyclic amide) rings is 1. The molecule has 5 rings (SSSR count). The standard InChI is InChI=1S/C34H36N6O9S2/c1-34(2,32(47)48)49-38-25(22-17-51-33(35)36-22)28(43)37-26-29(44)39-27(31(45)46)21(16-50-30(26)39)11-9-18-5-7-19(8-6-18)14-40(3,4)15-20-10-12-23(41)24(42)13-20/h5-13,17,26,30H,14-16H2,1-4H3,(H6-,35,36,37,38,41,42,43,45,46,47,48)/p+1/b11-9+/t26-,30-/m1/s1. The minimum Gasteiger partial charge on any atom is -0.504 e. The quantitative estimate of drug-likeness (QED) is 0.0490. The third kappa shape index (κ3) is 8.33. The third-order valence-electron chi connectivity index (χ3n) is 8.06. The number of nitrogens with two attached hydrogens (primary N) is 1. The van der Waals surface area contributed by atoms with Gasteiger partial charge in [0.15, 0.2) is 22.3 Å². The topological polar surface area (TPSA) is 225 Å². The number of hydrogen-bond donors (Lipinski definition) is 6. The molecule has 2 amide bonds. The van der Waals surface area contributed by atoms with Crippen molar-refractivity contribution in [2.45, 2.75) is 44.0 Å². The second kappa shape index (κ2) is 14.5. The van der Waals surface area contributed by atoms with E-state index >= 15 is 0 Å². The molecule has 1 fully saturated rings. The van der Waals surface area contributed by atoms with Gasteiger partial charge in [0, 0.05) is 22.3 Å². The van der Waals surface area contributed by atoms with Crippen molar-refractivity contribution >= 4 is 63.8 Å². The van der Waals surface area contributed by atoms with Gasteiger partial charge in [0.2, 0.25) is 5.60 Å². The van der Waals surface area contributed by atoms with Crippen LogP contribution in [-0.2, 0) is 37.1 Å². The number of aromatic hydroxyl groups is 2. The molecule has 2 aliphatic rings. The Kier molecular flexibility index (Phi) is 10.5. The number of carboxylic acids is 2. The summed E-state index contributed by atoms with van der Waals surface area (Å²) in [4.78, 5) is 60.8. The Morgan fingerprint density at radius 3 is 2.35 bits per heavy atom. The van der Waals surface area contributed by atoms with E-state index in [1.165, 1.54) is 37.1 Å². The monoisotopic (exact) mass is 737 g/mol. The van der Waals surface area contributed by atoms with Crippen LogP contribution in [0, 0.1) is 0 Å². The van der Waals surface area contributed by atoms with E-state index in [1.54, 1.807) is 24.3 Å². The first-order valence-electron chi connectivity index (χ1n) is 15.5. The lowest BCUT2D eigenvalue weighted by molar-refractivity contribution is -0.916. The van der Waals surface area contributed by atoms with Crippen LogP contribution in [0.25, 0.3) is 6.08 Å². The van der Waals surface area contributed by atoms with Gasteiger partial charge in [0.05, 0.1) is 14.1 Å². The molecule has 7 N–H and O–H groups in total. The Bertz CT molecular complexity index is 1970. The number of nitrogens with zero attached hydrogens (tertiary/aromatic N) is 4. The highest BCUT2D eigenvalue weighted by Gasteiger charge is 2.54. The minimum atomic E-state index is -1.78. The van der Waals surface area contributed by atoms with Crippen molar-refractivity contribution in [2.24, 2.45) is 5.16 Å². The first kappa shape index (κ1) is 36.9. The van der Waals surface area contributed by atoms with E-state index in [0.717, 1.165) is 32.9 Å². The molecular weight excluding hydrogens is 701 g/mol. The number of aromatic nitrogens is 1. The average molecular weight is 738 g/mol. The molecule has 1 aromatic heterocycles. The maximum atomic E-state index is 13.3. The number of phenolic OH excluding ortho intramolecular Hbond substituents is 2. The van der Waals surface area contributed by atoms with Gasteiger partial charge in [-0.3, -0.25) is 14.5 Å². The van der Waals surface area contributed by atoms with Gasteiger partial charge in [-0.1, -0.05) is 41.6 Å². The summed E-state index contributed by atoms with van der Waals surface area (Å²) in [5, 5.41) is 46.1. The van der Waals surface area contributed by atoms with Gasteiger partial charge in [-0.15, -0.1) is 23.1 Å². The lowest BCUT2D eigenvalue weighted by atomic mass is 10.0. The molecule has 3 aromatic rings. The van der Waals surface area contributed by atoms with Crippen molar-refractivity contribution in [3.05, 3.63) is 87.6 Å². The number of carboxylic acid groups (broad SMARTS) is 2. The lowest BCUT2D eigenvalue weighted by Gasteiger charge is -2.49. The number of phenols is 2. The summed E-state index contributed by atoms with van der Waals surface area (Å²) in [6.07, 6.45) is 3.43. The predicted octanol–water partition coefficient (Wildman–Crippen LogP) is 2.95. The Hall–Kier alpha value is -5.39. The third-order valence-corrected chi connectivity index (χ3v) is 10.0. The second-order valence-electron chi connectivity index (χ2n) is 13.1. The van der Waals surface area contributed by atoms with Crippen molar-refractivity contribution in [1.82, 2.24) is 15.2 Å². The predicted molar refractivity (Wildman–Crippen MR) is 190 cm³/mol. The molecule has 0 bridgehead atoms. The number of amides is 2. The fourth-order valence-corrected chi connectivity index (χ4v) is 7.29. The highest BCUT2D eigenvalue weighted by molar-refractivity contribution is 8.00. The summed E-state index contributed by atoms with van der Waals surface area (Å²) in [6, 6.07) is 11.5. The molecule has 2 aliphatic heterocycles. The maximum Gasteiger partial charge on any atom is 0.352 e. The SMILES string of the molecule is CC(C)(O/N=C(\C(=O)N[C@@H]1C(=O)N2C(C(=O)O)=C(/C=C/c3ccc(C[N+](C)(C)Cc4ccc(O)c(O)c4)cc3)CS[C@H]12)c1csc(N)n1)C(=O)O. The number of rotatable bonds is 13. The second-order valence-corrected chi connectivity index (χ2v) is 15.1. The number of aliphatic carboxylic acids is 2. The first-order valence-corrected chi connectivity index (χ1v) is 17.4. The van der Waals surface area contributed by atoms with Gasteiger partial charge < -0.3 is 40.8 Å². The van der Waals surface area contributed by atoms with Crippen LogP contribution in [0.15, 0.2) is 70.3 Å². The molecular formula is C34H37N6O9S2+. The summed E-state index contributed by atoms with van der Waals surface area (Å²) in [5.41, 5.74) is 6.55. The van der Waals surface area contributed by atoms with Gasteiger partial charge in [0.1, 0.15) is 35.9 Å². The molecule has 0 radical (unpaired) electrons. The van der Waals surface area contributed by atoms with Crippen molar-refractivity contribution in [3.8, 4) is 11.5 Å². The number of carbonyl (C=O) groups is 4. The molecule has 0 unspecified atom stereocenters. The highest BCUT2D eigenvalue weighted by Crippen LogP contribution is 2.41. The van der Waals surface area contributed by atoms with Crippen LogP contribution in [0.2, 0.25) is 0 Å². The van der Waals surface area contributed by atoms with Crippen LogP contribution in [0.5, 0.6) is 11.5 Å². The maximum absolute atomic E-state index is 13.3. The van der Waals surface area contributed by atoms with Crippen molar-refractivity contribution in [2.75, 3.05) is 25.6 Å². The molecule has 268 valence electrons. The van der Waals surface area contributed by atoms with Gasteiger partial charge in [0.25, 0.3) is 11.8 Å². The summed E-state index contributed by atoms with van der Waals surface area (Å²) >= 11 is 2.30. The molecule has 17 heteroatoms. The van der Waals surface area contributed by atoms with E-state index in [2.05, 4.69) is 29.6 Å². The van der Waals surface area contributed by atoms with E-state index in [0.29, 0.717) is 23.1 Å². The summed E-state index contributed by atoms with van der Waals surface area (Å²) in [7, 11) is 4.11. The van der Waals surface area contributed by atoms with E-state index in [1.807, 2.05) is 24.3 Å². The Morgan fingerprint density at radius 1 is 1.08 bits per heavy atom. The van der Waals surface area contributed by atoms with Gasteiger partial charge >= 0.3 is 11.9 Å². The number of anilines is 1. The molecule has 0 spiro atoms. The summed E-state index contributed by atoms with van der Waals surface area (Å²) < 4.78 is 0.586. The molecule has 2 atom stereocenters. The van der Waals surface area contributed by atoms with Crippen LogP contribution in [-0.4, -0.2) is 101 Å². The number of quaternary nitrogens is 1. The van der Waals surface area contributed by atoms with E-state index in [-0.39, 0.29) is 33.8 Å². The number of allylic oxidation sites excluding steroid dienone is 1. The normalized spacial score (nSPS) is 18.0. The Morgan fingerprint density at radius 2 is 1.75 bits per heavy atom. The van der Waals surface area contributed by atoms with Crippen molar-refractivity contribution in [3.63, 3.8) is 0 Å². The van der Waals surface area contributed by atoms with Crippen LogP contribution >= 0.6 is 23.1 Å². The average Bonchev–Trinajstić information content (AvgIpc) is 3.49. The fourth-order valence-electron chi connectivity index (χ4n) is 5.42. The molecule has 0 aliphatic carbocycles. The molecule has 15 nitrogen and oxygen atoms in total. The van der Waals surface area contributed by atoms with Gasteiger partial charge in [-0.05, 0) is 43.2 Å². The number of carbonyl (C=O) groups excluding carboxylic acids is 2. The van der Waals surface area contributed by atoms with Crippen LogP contribution in [0.4, 0.5) is 5.13 Å². The number of oxime groups is 1. The zero-order valence-electron chi connectivity index (χ0n) is 28.1. The number of nitrogens with one attached hydrogen (secondary N) is 1. The Labute approximate surface area is 300 Å². The van der Waals surface area contributed by atoms with E-state index in [4.69, 9.17) is 10.6 Å². The number of fused-ring (bicyclic) bond motifs is 1. The van der Waals surface area contributed by atoms with Crippen molar-refractivity contribution < 1.29 is 48.9 Å². The van der Waals surface area contributed by atoms with Crippen LogP contribution in [0.3, 0.4) is 0 Å². The Balaban J connectivity index is 1.27. The molecule has 0 saturated carbocycles. The zero-order valence-corrected chi connectivity index (χ0v) is 29.7. The zero-order chi connectivity index (χ0) is 37.2. The van der Waals surface area contributed by atoms with Gasteiger partial charge in [-0.2, -0.15) is 0 Å². The molecule has 3 heterocycles. The number of benzene rings is 2. The number of hydrogen-bond acceptors (Lipinski definition) is 12. The first-order chi connectivity index (χ1) is 24.0. The van der Waals surface area contributed by atoms with E-state index in [9.17, 15) is 39.6 Å². The summed E-state index contributed by atoms with van der Waals surface area (Å²) in [6.45, 7) is 3.79. The number of thioether (sulfide) groups is 1. The molecule has 1 saturated heterocycles. The largest absolute Gasteiger partial charge is 0.504 e. The van der Waals surface area contributed by atoms with Gasteiger partial charge in [-0.25, -0.2) is 14.6 Å². The minimum absolute atomic E-state index is 0.0145. The number of nitrogen functional groups attached to an aromatic ring is 1. The summed E-state index contributed by atoms with van der Waals surface area (Å²) in [5.74, 6) is -4.22. The van der Waals surface area contributed by atoms with Crippen LogP contribution < -0.4 is 11.1 Å². The molecule has 51 heavy (non-hydrogen) atoms. The molecule has 2 aromatic carbocycles. The number of thiazole rings is 1. The fraction of sp³-hybridized carbons (Fsp3) is 0.294.